The Kier molecular flexibility index (Phi) is 2.08. The summed E-state index contributed by atoms with van der Waals surface area (Å²) in [7, 11) is 0. The van der Waals surface area contributed by atoms with Crippen molar-refractivity contribution in [3.8, 4) is 11.4 Å². The van der Waals surface area contributed by atoms with E-state index in [1.165, 1.54) is 12.7 Å². The van der Waals surface area contributed by atoms with Crippen LogP contribution in [0.1, 0.15) is 0 Å². The first kappa shape index (κ1) is 10.2. The summed E-state index contributed by atoms with van der Waals surface area (Å²) in [5, 5.41) is 2.12. The topological polar surface area (TPSA) is 51.8 Å². The first-order valence-electron chi connectivity index (χ1n) is 5.96. The molecule has 0 N–H and O–H groups in total. The van der Waals surface area contributed by atoms with Gasteiger partial charge >= 0.3 is 0 Å². The second-order valence-corrected chi connectivity index (χ2v) is 4.24. The highest BCUT2D eigenvalue weighted by Gasteiger charge is 2.12. The molecule has 19 heavy (non-hydrogen) atoms. The zero-order chi connectivity index (χ0) is 12.7. The van der Waals surface area contributed by atoms with Crippen LogP contribution in [0.15, 0.2) is 59.5 Å². The number of aromatic nitrogens is 3. The van der Waals surface area contributed by atoms with Crippen LogP contribution in [-0.4, -0.2) is 15.0 Å². The molecule has 0 bridgehead atoms. The second-order valence-electron chi connectivity index (χ2n) is 4.24. The van der Waals surface area contributed by atoms with Gasteiger partial charge in [0.1, 0.15) is 23.8 Å². The van der Waals surface area contributed by atoms with Gasteiger partial charge in [-0.25, -0.2) is 15.0 Å². The van der Waals surface area contributed by atoms with Gasteiger partial charge in [0.25, 0.3) is 0 Å². The lowest BCUT2D eigenvalue weighted by atomic mass is 10.1. The van der Waals surface area contributed by atoms with Crippen molar-refractivity contribution in [3.63, 3.8) is 0 Å². The van der Waals surface area contributed by atoms with Crippen molar-refractivity contribution in [2.24, 2.45) is 0 Å². The highest BCUT2D eigenvalue weighted by atomic mass is 16.3. The van der Waals surface area contributed by atoms with Gasteiger partial charge < -0.3 is 4.42 Å². The average molecular weight is 247 g/mol. The van der Waals surface area contributed by atoms with Crippen molar-refractivity contribution in [3.05, 3.63) is 55.1 Å². The van der Waals surface area contributed by atoms with Crippen LogP contribution in [0.3, 0.4) is 0 Å². The maximum atomic E-state index is 5.84. The standard InChI is InChI=1S/C15H9N3O/c1-2-6-12-10(4-1)14-11(5-3-7-13(14)19-12)15-17-8-16-9-18-15/h1-9H. The molecule has 0 aliphatic rings. The molecule has 4 nitrogen and oxygen atoms in total. The van der Waals surface area contributed by atoms with E-state index in [2.05, 4.69) is 15.0 Å². The molecule has 0 saturated carbocycles. The Hall–Kier alpha value is -2.75. The SMILES string of the molecule is c1ccc2c(c1)oc1cccc(-c3ncncn3)c12. The Balaban J connectivity index is 2.17. The van der Waals surface area contributed by atoms with Crippen molar-refractivity contribution in [1.29, 1.82) is 0 Å². The minimum absolute atomic E-state index is 0.659. The molecule has 0 aliphatic carbocycles. The molecular weight excluding hydrogens is 238 g/mol. The lowest BCUT2D eigenvalue weighted by Gasteiger charge is -2.00. The molecule has 0 fully saturated rings. The fourth-order valence-electron chi connectivity index (χ4n) is 2.34. The average Bonchev–Trinajstić information content (AvgIpc) is 2.86. The lowest BCUT2D eigenvalue weighted by molar-refractivity contribution is 0.669. The van der Waals surface area contributed by atoms with Gasteiger partial charge in [-0.15, -0.1) is 0 Å². The molecule has 2 heterocycles. The van der Waals surface area contributed by atoms with Crippen molar-refractivity contribution >= 4 is 21.9 Å². The molecule has 0 atom stereocenters. The predicted octanol–water partition coefficient (Wildman–Crippen LogP) is 3.44. The summed E-state index contributed by atoms with van der Waals surface area (Å²) in [6.45, 7) is 0. The first-order valence-corrected chi connectivity index (χ1v) is 5.96. The molecule has 4 aromatic rings. The predicted molar refractivity (Wildman–Crippen MR) is 72.5 cm³/mol. The number of nitrogens with zero attached hydrogens (tertiary/aromatic N) is 3. The number of para-hydroxylation sites is 1. The molecule has 90 valence electrons. The summed E-state index contributed by atoms with van der Waals surface area (Å²) in [5.74, 6) is 0.659. The third-order valence-corrected chi connectivity index (χ3v) is 3.14. The zero-order valence-corrected chi connectivity index (χ0v) is 9.95. The molecule has 2 aromatic heterocycles. The van der Waals surface area contributed by atoms with Crippen LogP contribution in [0.2, 0.25) is 0 Å². The van der Waals surface area contributed by atoms with Gasteiger partial charge in [-0.05, 0) is 12.1 Å². The molecule has 4 heteroatoms. The fraction of sp³-hybridized carbons (Fsp3) is 0. The van der Waals surface area contributed by atoms with Gasteiger partial charge in [-0.3, -0.25) is 0 Å². The van der Waals surface area contributed by atoms with E-state index in [0.717, 1.165) is 27.5 Å². The minimum Gasteiger partial charge on any atom is -0.456 e. The van der Waals surface area contributed by atoms with Crippen LogP contribution in [-0.2, 0) is 0 Å². The van der Waals surface area contributed by atoms with Crippen molar-refractivity contribution in [2.45, 2.75) is 0 Å². The summed E-state index contributed by atoms with van der Waals surface area (Å²) in [6.07, 6.45) is 3.01. The van der Waals surface area contributed by atoms with Gasteiger partial charge in [0, 0.05) is 16.3 Å². The van der Waals surface area contributed by atoms with E-state index in [4.69, 9.17) is 4.42 Å². The minimum atomic E-state index is 0.659. The summed E-state index contributed by atoms with van der Waals surface area (Å²) in [5.41, 5.74) is 2.68. The van der Waals surface area contributed by atoms with Gasteiger partial charge in [-0.1, -0.05) is 30.3 Å². The number of benzene rings is 2. The van der Waals surface area contributed by atoms with Gasteiger partial charge in [-0.2, -0.15) is 0 Å². The molecule has 0 unspecified atom stereocenters. The largest absolute Gasteiger partial charge is 0.456 e. The molecule has 0 saturated heterocycles. The van der Waals surface area contributed by atoms with Crippen LogP contribution in [0.4, 0.5) is 0 Å². The Morgan fingerprint density at radius 2 is 1.58 bits per heavy atom. The first-order chi connectivity index (χ1) is 9.43. The summed E-state index contributed by atoms with van der Waals surface area (Å²) >= 11 is 0. The normalized spacial score (nSPS) is 11.2. The number of hydrogen-bond acceptors (Lipinski definition) is 4. The quantitative estimate of drug-likeness (QED) is 0.517. The van der Waals surface area contributed by atoms with Gasteiger partial charge in [0.05, 0.1) is 0 Å². The van der Waals surface area contributed by atoms with Gasteiger partial charge in [0.15, 0.2) is 5.82 Å². The lowest BCUT2D eigenvalue weighted by Crippen LogP contribution is -1.89. The molecule has 0 amide bonds. The van der Waals surface area contributed by atoms with Gasteiger partial charge in [0.2, 0.25) is 0 Å². The zero-order valence-electron chi connectivity index (χ0n) is 9.95. The van der Waals surface area contributed by atoms with E-state index in [0.29, 0.717) is 5.82 Å². The van der Waals surface area contributed by atoms with Crippen LogP contribution >= 0.6 is 0 Å². The summed E-state index contributed by atoms with van der Waals surface area (Å²) < 4.78 is 5.84. The fourth-order valence-corrected chi connectivity index (χ4v) is 2.34. The van der Waals surface area contributed by atoms with E-state index < -0.39 is 0 Å². The van der Waals surface area contributed by atoms with Crippen molar-refractivity contribution in [1.82, 2.24) is 15.0 Å². The number of hydrogen-bond donors (Lipinski definition) is 0. The number of fused-ring (bicyclic) bond motifs is 3. The maximum absolute atomic E-state index is 5.84. The molecule has 0 radical (unpaired) electrons. The smallest absolute Gasteiger partial charge is 0.163 e. The van der Waals surface area contributed by atoms with Crippen LogP contribution in [0.25, 0.3) is 33.3 Å². The van der Waals surface area contributed by atoms with Crippen molar-refractivity contribution in [2.75, 3.05) is 0 Å². The van der Waals surface area contributed by atoms with Crippen LogP contribution < -0.4 is 0 Å². The van der Waals surface area contributed by atoms with E-state index in [1.807, 2.05) is 42.5 Å². The Bertz CT molecular complexity index is 868. The molecule has 0 aliphatic heterocycles. The third-order valence-electron chi connectivity index (χ3n) is 3.14. The summed E-state index contributed by atoms with van der Waals surface area (Å²) in [4.78, 5) is 12.3. The van der Waals surface area contributed by atoms with Crippen molar-refractivity contribution < 1.29 is 4.42 Å². The molecule has 0 spiro atoms. The maximum Gasteiger partial charge on any atom is 0.163 e. The van der Waals surface area contributed by atoms with E-state index in [9.17, 15) is 0 Å². The Labute approximate surface area is 108 Å². The van der Waals surface area contributed by atoms with Crippen LogP contribution in [0, 0.1) is 0 Å². The molecule has 4 rings (SSSR count). The number of furan rings is 1. The van der Waals surface area contributed by atoms with Crippen LogP contribution in [0.5, 0.6) is 0 Å². The Morgan fingerprint density at radius 1 is 0.789 bits per heavy atom. The van der Waals surface area contributed by atoms with E-state index in [1.54, 1.807) is 0 Å². The number of rotatable bonds is 1. The Morgan fingerprint density at radius 3 is 2.47 bits per heavy atom. The highest BCUT2D eigenvalue weighted by molar-refractivity contribution is 6.11. The summed E-state index contributed by atoms with van der Waals surface area (Å²) in [6, 6.07) is 13.9. The molecule has 2 aromatic carbocycles. The molecular formula is C15H9N3O. The monoisotopic (exact) mass is 247 g/mol. The van der Waals surface area contributed by atoms with E-state index in [-0.39, 0.29) is 0 Å². The third kappa shape index (κ3) is 1.50. The second kappa shape index (κ2) is 3.88. The highest BCUT2D eigenvalue weighted by Crippen LogP contribution is 2.34. The van der Waals surface area contributed by atoms with E-state index >= 15 is 0 Å².